The van der Waals surface area contributed by atoms with Gasteiger partial charge in [0.05, 0.1) is 17.7 Å². The number of methoxy groups -OCH3 is 1. The van der Waals surface area contributed by atoms with Crippen LogP contribution in [0.15, 0.2) is 53.6 Å². The average Bonchev–Trinajstić information content (AvgIpc) is 2.65. The number of amides is 1. The Labute approximate surface area is 143 Å². The molecule has 2 aromatic rings. The lowest BCUT2D eigenvalue weighted by atomic mass is 10.1. The summed E-state index contributed by atoms with van der Waals surface area (Å²) in [7, 11) is 1.34. The van der Waals surface area contributed by atoms with Gasteiger partial charge in [-0.2, -0.15) is 5.10 Å². The average molecular weight is 343 g/mol. The van der Waals surface area contributed by atoms with E-state index in [0.29, 0.717) is 16.8 Å². The highest BCUT2D eigenvalue weighted by atomic mass is 16.6. The molecule has 0 aliphatic carbocycles. The molecule has 2 aromatic carbocycles. The second-order valence-electron chi connectivity index (χ2n) is 5.13. The van der Waals surface area contributed by atoms with E-state index < -0.39 is 16.9 Å². The molecule has 1 amide bonds. The Morgan fingerprint density at radius 3 is 2.56 bits per heavy atom. The SMILES string of the molecule is COc1ccc(C(C)=NNC(=O)C(O)c2ccccc2)cc1[N+](=O)[O-]. The topological polar surface area (TPSA) is 114 Å². The number of carbonyl (C=O) groups excluding carboxylic acids is 1. The lowest BCUT2D eigenvalue weighted by Crippen LogP contribution is -2.26. The van der Waals surface area contributed by atoms with E-state index in [-0.39, 0.29) is 11.4 Å². The number of carbonyl (C=O) groups is 1. The van der Waals surface area contributed by atoms with Crippen LogP contribution in [0.1, 0.15) is 24.2 Å². The van der Waals surface area contributed by atoms with Crippen LogP contribution in [0, 0.1) is 10.1 Å². The summed E-state index contributed by atoms with van der Waals surface area (Å²) in [6.07, 6.45) is -1.36. The predicted molar refractivity (Wildman–Crippen MR) is 91.4 cm³/mol. The first-order valence-corrected chi connectivity index (χ1v) is 7.34. The van der Waals surface area contributed by atoms with Crippen LogP contribution in [0.25, 0.3) is 0 Å². The minimum atomic E-state index is -1.36. The van der Waals surface area contributed by atoms with E-state index >= 15 is 0 Å². The molecule has 130 valence electrons. The summed E-state index contributed by atoms with van der Waals surface area (Å²) in [5.41, 5.74) is 3.28. The standard InChI is InChI=1S/C17H17N3O5/c1-11(13-8-9-15(25-2)14(10-13)20(23)24)18-19-17(22)16(21)12-6-4-3-5-7-12/h3-10,16,21H,1-2H3,(H,19,22). The summed E-state index contributed by atoms with van der Waals surface area (Å²) in [6, 6.07) is 12.8. The van der Waals surface area contributed by atoms with E-state index in [1.54, 1.807) is 43.3 Å². The fraction of sp³-hybridized carbons (Fsp3) is 0.176. The molecule has 1 unspecified atom stereocenters. The number of benzene rings is 2. The minimum absolute atomic E-state index is 0.130. The van der Waals surface area contributed by atoms with Gasteiger partial charge in [0.2, 0.25) is 0 Å². The van der Waals surface area contributed by atoms with Crippen LogP contribution in [0.3, 0.4) is 0 Å². The fourth-order valence-corrected chi connectivity index (χ4v) is 2.11. The molecular weight excluding hydrogens is 326 g/mol. The zero-order valence-electron chi connectivity index (χ0n) is 13.7. The molecule has 0 saturated carbocycles. The third kappa shape index (κ3) is 4.39. The van der Waals surface area contributed by atoms with Gasteiger partial charge in [-0.05, 0) is 24.6 Å². The maximum Gasteiger partial charge on any atom is 0.311 e. The van der Waals surface area contributed by atoms with Gasteiger partial charge in [-0.3, -0.25) is 14.9 Å². The quantitative estimate of drug-likeness (QED) is 0.474. The van der Waals surface area contributed by atoms with Gasteiger partial charge >= 0.3 is 5.69 Å². The van der Waals surface area contributed by atoms with E-state index in [1.165, 1.54) is 19.2 Å². The monoisotopic (exact) mass is 343 g/mol. The minimum Gasteiger partial charge on any atom is -0.490 e. The normalized spacial score (nSPS) is 12.4. The first-order chi connectivity index (χ1) is 11.9. The van der Waals surface area contributed by atoms with Crippen molar-refractivity contribution in [2.45, 2.75) is 13.0 Å². The molecule has 2 rings (SSSR count). The molecule has 8 nitrogen and oxygen atoms in total. The van der Waals surface area contributed by atoms with Gasteiger partial charge in [0.15, 0.2) is 11.9 Å². The Kier molecular flexibility index (Phi) is 5.80. The van der Waals surface area contributed by atoms with Crippen molar-refractivity contribution < 1.29 is 19.6 Å². The number of nitrogens with zero attached hydrogens (tertiary/aromatic N) is 2. The predicted octanol–water partition coefficient (Wildman–Crippen LogP) is 2.18. The summed E-state index contributed by atoms with van der Waals surface area (Å²) >= 11 is 0. The molecule has 0 heterocycles. The number of rotatable bonds is 6. The number of hydrazone groups is 1. The number of hydrogen-bond donors (Lipinski definition) is 2. The van der Waals surface area contributed by atoms with Crippen molar-refractivity contribution in [2.24, 2.45) is 5.10 Å². The van der Waals surface area contributed by atoms with Gasteiger partial charge in [0.25, 0.3) is 5.91 Å². The molecule has 0 aliphatic heterocycles. The Hall–Kier alpha value is -3.26. The summed E-state index contributed by atoms with van der Waals surface area (Å²) < 4.78 is 4.94. The Bertz CT molecular complexity index is 805. The molecule has 0 fully saturated rings. The van der Waals surface area contributed by atoms with Crippen LogP contribution in [-0.4, -0.2) is 28.8 Å². The number of ether oxygens (including phenoxy) is 1. The van der Waals surface area contributed by atoms with Gasteiger partial charge < -0.3 is 9.84 Å². The summed E-state index contributed by atoms with van der Waals surface area (Å²) in [4.78, 5) is 22.4. The first kappa shape index (κ1) is 18.1. The van der Waals surface area contributed by atoms with Crippen molar-refractivity contribution in [1.82, 2.24) is 5.43 Å². The summed E-state index contributed by atoms with van der Waals surface area (Å²) in [6.45, 7) is 1.58. The van der Waals surface area contributed by atoms with Crippen molar-refractivity contribution in [3.8, 4) is 5.75 Å². The van der Waals surface area contributed by atoms with Gasteiger partial charge in [-0.1, -0.05) is 30.3 Å². The Morgan fingerprint density at radius 1 is 1.28 bits per heavy atom. The maximum absolute atomic E-state index is 12.0. The maximum atomic E-state index is 12.0. The highest BCUT2D eigenvalue weighted by Gasteiger charge is 2.18. The summed E-state index contributed by atoms with van der Waals surface area (Å²) in [5.74, 6) is -0.571. The number of aliphatic hydroxyl groups is 1. The molecule has 0 spiro atoms. The molecule has 0 aliphatic rings. The molecule has 0 radical (unpaired) electrons. The molecule has 0 bridgehead atoms. The van der Waals surface area contributed by atoms with E-state index in [9.17, 15) is 20.0 Å². The molecule has 1 atom stereocenters. The number of aliphatic hydroxyl groups excluding tert-OH is 1. The van der Waals surface area contributed by atoms with Crippen molar-refractivity contribution in [3.05, 3.63) is 69.8 Å². The zero-order valence-corrected chi connectivity index (χ0v) is 13.7. The van der Waals surface area contributed by atoms with Crippen LogP contribution in [0.4, 0.5) is 5.69 Å². The Balaban J connectivity index is 2.15. The number of nitro groups is 1. The van der Waals surface area contributed by atoms with Crippen molar-refractivity contribution in [3.63, 3.8) is 0 Å². The van der Waals surface area contributed by atoms with E-state index in [1.807, 2.05) is 0 Å². The lowest BCUT2D eigenvalue weighted by molar-refractivity contribution is -0.385. The van der Waals surface area contributed by atoms with Crippen molar-refractivity contribution >= 4 is 17.3 Å². The van der Waals surface area contributed by atoms with Crippen molar-refractivity contribution in [2.75, 3.05) is 7.11 Å². The van der Waals surface area contributed by atoms with Gasteiger partial charge in [0, 0.05) is 11.6 Å². The smallest absolute Gasteiger partial charge is 0.311 e. The number of nitro benzene ring substituents is 1. The van der Waals surface area contributed by atoms with E-state index in [4.69, 9.17) is 4.74 Å². The van der Waals surface area contributed by atoms with Crippen molar-refractivity contribution in [1.29, 1.82) is 0 Å². The molecule has 25 heavy (non-hydrogen) atoms. The second kappa shape index (κ2) is 8.02. The first-order valence-electron chi connectivity index (χ1n) is 7.34. The van der Waals surface area contributed by atoms with E-state index in [0.717, 1.165) is 0 Å². The van der Waals surface area contributed by atoms with Crippen LogP contribution in [0.2, 0.25) is 0 Å². The number of hydrogen-bond acceptors (Lipinski definition) is 6. The molecule has 0 saturated heterocycles. The molecule has 2 N–H and O–H groups in total. The van der Waals surface area contributed by atoms with Crippen LogP contribution in [-0.2, 0) is 4.79 Å². The zero-order chi connectivity index (χ0) is 18.4. The highest BCUT2D eigenvalue weighted by Crippen LogP contribution is 2.27. The third-order valence-corrected chi connectivity index (χ3v) is 3.49. The summed E-state index contributed by atoms with van der Waals surface area (Å²) in [5, 5.41) is 24.9. The van der Waals surface area contributed by atoms with Gasteiger partial charge in [-0.15, -0.1) is 0 Å². The largest absolute Gasteiger partial charge is 0.490 e. The number of nitrogens with one attached hydrogen (secondary N) is 1. The highest BCUT2D eigenvalue weighted by molar-refractivity contribution is 6.00. The Morgan fingerprint density at radius 2 is 1.96 bits per heavy atom. The van der Waals surface area contributed by atoms with Crippen LogP contribution in [0.5, 0.6) is 5.75 Å². The molecule has 0 aromatic heterocycles. The van der Waals surface area contributed by atoms with Crippen LogP contribution < -0.4 is 10.2 Å². The van der Waals surface area contributed by atoms with Gasteiger partial charge in [0.1, 0.15) is 0 Å². The second-order valence-corrected chi connectivity index (χ2v) is 5.13. The fourth-order valence-electron chi connectivity index (χ4n) is 2.11. The van der Waals surface area contributed by atoms with Gasteiger partial charge in [-0.25, -0.2) is 5.43 Å². The van der Waals surface area contributed by atoms with Crippen LogP contribution >= 0.6 is 0 Å². The molecular formula is C17H17N3O5. The third-order valence-electron chi connectivity index (χ3n) is 3.49. The lowest BCUT2D eigenvalue weighted by Gasteiger charge is -2.10. The molecule has 8 heteroatoms. The van der Waals surface area contributed by atoms with E-state index in [2.05, 4.69) is 10.5 Å².